The third kappa shape index (κ3) is 3.36. The van der Waals surface area contributed by atoms with Gasteiger partial charge < -0.3 is 15.3 Å². The zero-order valence-corrected chi connectivity index (χ0v) is 11.5. The van der Waals surface area contributed by atoms with Gasteiger partial charge in [0.15, 0.2) is 0 Å². The van der Waals surface area contributed by atoms with E-state index in [4.69, 9.17) is 5.11 Å². The van der Waals surface area contributed by atoms with E-state index >= 15 is 0 Å². The summed E-state index contributed by atoms with van der Waals surface area (Å²) in [5.74, 6) is -0.517. The van der Waals surface area contributed by atoms with Crippen molar-refractivity contribution in [1.82, 2.24) is 5.32 Å². The molecule has 2 N–H and O–H groups in total. The molecule has 1 aromatic rings. The lowest BCUT2D eigenvalue weighted by atomic mass is 9.99. The lowest BCUT2D eigenvalue weighted by Crippen LogP contribution is -2.36. The number of aliphatic hydroxyl groups is 1. The van der Waals surface area contributed by atoms with Crippen molar-refractivity contribution < 1.29 is 23.5 Å². The second kappa shape index (κ2) is 6.17. The molecule has 0 fully saturated rings. The molecule has 1 unspecified atom stereocenters. The number of aliphatic hydroxyl groups excluding tert-OH is 1. The minimum Gasteiger partial charge on any atom is -0.385 e. The molecule has 0 aliphatic carbocycles. The Kier molecular flexibility index (Phi) is 4.52. The van der Waals surface area contributed by atoms with Gasteiger partial charge in [0.25, 0.3) is 12.3 Å². The van der Waals surface area contributed by atoms with Crippen molar-refractivity contribution in [2.75, 3.05) is 18.5 Å². The number of carbonyl (C=O) groups is 2. The number of amides is 2. The number of hydrogen-bond donors (Lipinski definition) is 2. The Morgan fingerprint density at radius 3 is 2.81 bits per heavy atom. The van der Waals surface area contributed by atoms with Gasteiger partial charge in [0.1, 0.15) is 6.10 Å². The highest BCUT2D eigenvalue weighted by molar-refractivity contribution is 5.98. The van der Waals surface area contributed by atoms with E-state index in [9.17, 15) is 18.4 Å². The van der Waals surface area contributed by atoms with Gasteiger partial charge >= 0.3 is 0 Å². The number of benzene rings is 1. The minimum atomic E-state index is -2.89. The Morgan fingerprint density at radius 2 is 2.14 bits per heavy atom. The van der Waals surface area contributed by atoms with E-state index in [-0.39, 0.29) is 5.91 Å². The van der Waals surface area contributed by atoms with Crippen LogP contribution < -0.4 is 10.2 Å². The molecule has 2 rings (SSSR count). The molecule has 0 radical (unpaired) electrons. The Morgan fingerprint density at radius 1 is 1.43 bits per heavy atom. The van der Waals surface area contributed by atoms with Crippen molar-refractivity contribution in [1.29, 1.82) is 0 Å². The number of anilines is 1. The molecule has 0 saturated carbocycles. The van der Waals surface area contributed by atoms with Crippen molar-refractivity contribution in [3.63, 3.8) is 0 Å². The Hall–Kier alpha value is -2.02. The molecule has 1 aliphatic rings. The van der Waals surface area contributed by atoms with Crippen LogP contribution in [0.25, 0.3) is 0 Å². The van der Waals surface area contributed by atoms with Crippen LogP contribution in [0.3, 0.4) is 0 Å². The van der Waals surface area contributed by atoms with Crippen LogP contribution in [0, 0.1) is 0 Å². The zero-order valence-electron chi connectivity index (χ0n) is 11.5. The molecule has 0 bridgehead atoms. The summed E-state index contributed by atoms with van der Waals surface area (Å²) in [6.45, 7) is -0.508. The van der Waals surface area contributed by atoms with E-state index in [1.807, 2.05) is 0 Å². The molecular weight excluding hydrogens is 282 g/mol. The molecular formula is C14H16F2N2O3. The monoisotopic (exact) mass is 298 g/mol. The van der Waals surface area contributed by atoms with Gasteiger partial charge in [0.05, 0.1) is 0 Å². The maximum atomic E-state index is 12.1. The first kappa shape index (κ1) is 15.4. The molecule has 2 amide bonds. The Balaban J connectivity index is 2.08. The van der Waals surface area contributed by atoms with Gasteiger partial charge in [0, 0.05) is 31.3 Å². The largest absolute Gasteiger partial charge is 0.385 e. The molecule has 1 heterocycles. The van der Waals surface area contributed by atoms with Crippen LogP contribution in [0.1, 0.15) is 22.3 Å². The van der Waals surface area contributed by atoms with Gasteiger partial charge in [-0.05, 0) is 30.2 Å². The minimum absolute atomic E-state index is 0.0137. The number of fused-ring (bicyclic) bond motifs is 1. The molecule has 0 aromatic heterocycles. The van der Waals surface area contributed by atoms with E-state index in [0.29, 0.717) is 18.4 Å². The highest BCUT2D eigenvalue weighted by atomic mass is 19.3. The fourth-order valence-electron chi connectivity index (χ4n) is 2.19. The third-order valence-electron chi connectivity index (χ3n) is 3.45. The van der Waals surface area contributed by atoms with Crippen LogP contribution in [-0.2, 0) is 11.2 Å². The number of rotatable bonds is 4. The van der Waals surface area contributed by atoms with Gasteiger partial charge in [-0.1, -0.05) is 0 Å². The third-order valence-corrected chi connectivity index (χ3v) is 3.45. The topological polar surface area (TPSA) is 69.6 Å². The zero-order chi connectivity index (χ0) is 15.6. The van der Waals surface area contributed by atoms with Crippen LogP contribution in [0.2, 0.25) is 0 Å². The van der Waals surface area contributed by atoms with E-state index < -0.39 is 25.0 Å². The number of halogens is 2. The number of alkyl halides is 2. The van der Waals surface area contributed by atoms with Gasteiger partial charge in [-0.2, -0.15) is 0 Å². The van der Waals surface area contributed by atoms with Crippen molar-refractivity contribution in [2.45, 2.75) is 25.4 Å². The number of aryl methyl sites for hydroxylation is 1. The van der Waals surface area contributed by atoms with Crippen molar-refractivity contribution in [2.24, 2.45) is 0 Å². The summed E-state index contributed by atoms with van der Waals surface area (Å²) in [6, 6.07) is 4.82. The quantitative estimate of drug-likeness (QED) is 0.869. The SMILES string of the molecule is CN1C(=O)CCc2cc(C(=O)NCC(O)C(F)F)ccc21. The van der Waals surface area contributed by atoms with Crippen molar-refractivity contribution in [3.05, 3.63) is 29.3 Å². The first-order valence-corrected chi connectivity index (χ1v) is 6.54. The van der Waals surface area contributed by atoms with E-state index in [0.717, 1.165) is 11.3 Å². The summed E-state index contributed by atoms with van der Waals surface area (Å²) in [5, 5.41) is 11.2. The summed E-state index contributed by atoms with van der Waals surface area (Å²) in [7, 11) is 1.67. The smallest absolute Gasteiger partial charge is 0.265 e. The standard InChI is InChI=1S/C14H16F2N2O3/c1-18-10-4-2-9(6-8(10)3-5-12(18)20)14(21)17-7-11(19)13(15)16/h2,4,6,11,13,19H,3,5,7H2,1H3,(H,17,21). The van der Waals surface area contributed by atoms with Crippen LogP contribution in [0.5, 0.6) is 0 Å². The second-order valence-corrected chi connectivity index (χ2v) is 4.91. The summed E-state index contributed by atoms with van der Waals surface area (Å²) in [4.78, 5) is 24.9. The predicted octanol–water partition coefficient (Wildman–Crippen LogP) is 0.951. The number of hydrogen-bond acceptors (Lipinski definition) is 3. The molecule has 5 nitrogen and oxygen atoms in total. The average molecular weight is 298 g/mol. The van der Waals surface area contributed by atoms with Gasteiger partial charge in [-0.3, -0.25) is 9.59 Å². The molecule has 1 atom stereocenters. The summed E-state index contributed by atoms with van der Waals surface area (Å²) >= 11 is 0. The molecule has 21 heavy (non-hydrogen) atoms. The van der Waals surface area contributed by atoms with E-state index in [1.54, 1.807) is 19.2 Å². The molecule has 0 spiro atoms. The maximum Gasteiger partial charge on any atom is 0.265 e. The predicted molar refractivity (Wildman–Crippen MR) is 72.5 cm³/mol. The highest BCUT2D eigenvalue weighted by Crippen LogP contribution is 2.27. The maximum absolute atomic E-state index is 12.1. The normalized spacial score (nSPS) is 15.9. The first-order valence-electron chi connectivity index (χ1n) is 6.54. The van der Waals surface area contributed by atoms with Gasteiger partial charge in [0.2, 0.25) is 5.91 Å². The Labute approximate surface area is 120 Å². The van der Waals surface area contributed by atoms with Crippen LogP contribution in [-0.4, -0.2) is 43.0 Å². The number of carbonyl (C=O) groups excluding carboxylic acids is 2. The summed E-state index contributed by atoms with van der Waals surface area (Å²) in [5.41, 5.74) is 1.92. The van der Waals surface area contributed by atoms with Crippen LogP contribution in [0.15, 0.2) is 18.2 Å². The molecule has 114 valence electrons. The van der Waals surface area contributed by atoms with E-state index in [2.05, 4.69) is 5.32 Å². The van der Waals surface area contributed by atoms with Crippen LogP contribution >= 0.6 is 0 Å². The highest BCUT2D eigenvalue weighted by Gasteiger charge is 2.22. The molecule has 1 aromatic carbocycles. The fourth-order valence-corrected chi connectivity index (χ4v) is 2.19. The summed E-state index contributed by atoms with van der Waals surface area (Å²) in [6.07, 6.45) is -3.86. The van der Waals surface area contributed by atoms with Gasteiger partial charge in [-0.25, -0.2) is 8.78 Å². The van der Waals surface area contributed by atoms with Crippen LogP contribution in [0.4, 0.5) is 14.5 Å². The van der Waals surface area contributed by atoms with Crippen molar-refractivity contribution >= 4 is 17.5 Å². The first-order chi connectivity index (χ1) is 9.90. The Bertz CT molecular complexity index is 563. The molecule has 0 saturated heterocycles. The number of nitrogens with zero attached hydrogens (tertiary/aromatic N) is 1. The number of nitrogens with one attached hydrogen (secondary N) is 1. The average Bonchev–Trinajstić information content (AvgIpc) is 2.47. The van der Waals surface area contributed by atoms with Gasteiger partial charge in [-0.15, -0.1) is 0 Å². The lowest BCUT2D eigenvalue weighted by Gasteiger charge is -2.26. The molecule has 7 heteroatoms. The molecule has 1 aliphatic heterocycles. The van der Waals surface area contributed by atoms with E-state index in [1.165, 1.54) is 11.0 Å². The van der Waals surface area contributed by atoms with Crippen molar-refractivity contribution in [3.8, 4) is 0 Å². The second-order valence-electron chi connectivity index (χ2n) is 4.91. The lowest BCUT2D eigenvalue weighted by molar-refractivity contribution is -0.118. The fraction of sp³-hybridized carbons (Fsp3) is 0.429. The summed E-state index contributed by atoms with van der Waals surface area (Å²) < 4.78 is 24.3.